The molecule has 12 heteroatoms. The average molecular weight is 489 g/mol. The van der Waals surface area contributed by atoms with E-state index < -0.39 is 36.2 Å². The van der Waals surface area contributed by atoms with Crippen molar-refractivity contribution in [1.29, 1.82) is 0 Å². The predicted molar refractivity (Wildman–Crippen MR) is 114 cm³/mol. The molecule has 180 valence electrons. The summed E-state index contributed by atoms with van der Waals surface area (Å²) in [6, 6.07) is 7.50. The van der Waals surface area contributed by atoms with Crippen LogP contribution in [0.4, 0.5) is 13.2 Å². The first-order valence-corrected chi connectivity index (χ1v) is 10.5. The Morgan fingerprint density at radius 2 is 1.97 bits per heavy atom. The maximum absolute atomic E-state index is 13.0. The van der Waals surface area contributed by atoms with Gasteiger partial charge in [0.05, 0.1) is 30.5 Å². The summed E-state index contributed by atoms with van der Waals surface area (Å²) in [5, 5.41) is 17.2. The molecule has 0 saturated heterocycles. The van der Waals surface area contributed by atoms with Gasteiger partial charge in [-0.15, -0.1) is 0 Å². The van der Waals surface area contributed by atoms with E-state index in [4.69, 9.17) is 16.3 Å². The highest BCUT2D eigenvalue weighted by molar-refractivity contribution is 6.30. The first kappa shape index (κ1) is 25.0. The van der Waals surface area contributed by atoms with Crippen molar-refractivity contribution in [2.45, 2.75) is 31.7 Å². The zero-order valence-electron chi connectivity index (χ0n) is 18.0. The van der Waals surface area contributed by atoms with E-state index in [1.165, 1.54) is 29.5 Å². The molecule has 33 heavy (non-hydrogen) atoms. The lowest BCUT2D eigenvalue weighted by Gasteiger charge is -2.33. The lowest BCUT2D eigenvalue weighted by Crippen LogP contribution is -2.50. The van der Waals surface area contributed by atoms with Crippen LogP contribution < -0.4 is 5.32 Å². The Hall–Kier alpha value is -2.63. The van der Waals surface area contributed by atoms with E-state index in [1.54, 1.807) is 24.3 Å². The minimum absolute atomic E-state index is 0.0232. The zero-order chi connectivity index (χ0) is 24.4. The average Bonchev–Trinajstić information content (AvgIpc) is 3.15. The van der Waals surface area contributed by atoms with Crippen molar-refractivity contribution in [3.63, 3.8) is 0 Å². The molecule has 1 aromatic heterocycles. The van der Waals surface area contributed by atoms with E-state index in [2.05, 4.69) is 10.4 Å². The fraction of sp³-hybridized carbons (Fsp3) is 0.476. The van der Waals surface area contributed by atoms with Crippen molar-refractivity contribution in [3.05, 3.63) is 41.0 Å². The molecule has 1 aliphatic heterocycles. The number of nitrogens with one attached hydrogen (secondary N) is 1. The molecule has 2 amide bonds. The second-order valence-electron chi connectivity index (χ2n) is 8.43. The highest BCUT2D eigenvalue weighted by atomic mass is 35.5. The Kier molecular flexibility index (Phi) is 7.35. The van der Waals surface area contributed by atoms with Crippen LogP contribution in [-0.2, 0) is 9.53 Å². The van der Waals surface area contributed by atoms with Crippen LogP contribution in [0.3, 0.4) is 0 Å². The van der Waals surface area contributed by atoms with Gasteiger partial charge in [-0.25, -0.2) is 0 Å². The molecule has 8 nitrogen and oxygen atoms in total. The number of halogens is 4. The molecular weight excluding hydrogens is 465 g/mol. The number of hydrogen-bond acceptors (Lipinski definition) is 5. The molecule has 0 aliphatic carbocycles. The van der Waals surface area contributed by atoms with Gasteiger partial charge in [-0.2, -0.15) is 18.3 Å². The minimum atomic E-state index is -4.50. The van der Waals surface area contributed by atoms with Gasteiger partial charge < -0.3 is 20.1 Å². The Balaban J connectivity index is 1.83. The van der Waals surface area contributed by atoms with E-state index in [0.717, 1.165) is 0 Å². The molecule has 1 atom stereocenters. The lowest BCUT2D eigenvalue weighted by atomic mass is 10.1. The molecule has 0 fully saturated rings. The van der Waals surface area contributed by atoms with Gasteiger partial charge in [0, 0.05) is 23.7 Å². The molecule has 2 heterocycles. The number of nitrogens with zero attached hydrogens (tertiary/aromatic N) is 3. The number of alkyl halides is 3. The molecule has 1 unspecified atom stereocenters. The van der Waals surface area contributed by atoms with Crippen LogP contribution >= 0.6 is 11.6 Å². The molecule has 0 radical (unpaired) electrons. The lowest BCUT2D eigenvalue weighted by molar-refractivity contribution is -0.176. The number of aliphatic hydroxyl groups is 1. The third-order valence-corrected chi connectivity index (χ3v) is 5.04. The van der Waals surface area contributed by atoms with Gasteiger partial charge in [0.1, 0.15) is 12.3 Å². The highest BCUT2D eigenvalue weighted by Crippen LogP contribution is 2.28. The summed E-state index contributed by atoms with van der Waals surface area (Å²) in [6.45, 7) is 0.819. The molecule has 0 saturated carbocycles. The van der Waals surface area contributed by atoms with Crippen molar-refractivity contribution in [1.82, 2.24) is 20.0 Å². The molecule has 1 aromatic carbocycles. The second kappa shape index (κ2) is 9.70. The van der Waals surface area contributed by atoms with E-state index in [1.807, 2.05) is 0 Å². The van der Waals surface area contributed by atoms with Gasteiger partial charge >= 0.3 is 6.18 Å². The van der Waals surface area contributed by atoms with E-state index >= 15 is 0 Å². The number of fused-ring (bicyclic) bond motifs is 1. The number of hydrogen-bond donors (Lipinski definition) is 2. The van der Waals surface area contributed by atoms with Crippen LogP contribution in [0.25, 0.3) is 11.3 Å². The van der Waals surface area contributed by atoms with Crippen molar-refractivity contribution in [3.8, 4) is 11.3 Å². The van der Waals surface area contributed by atoms with Crippen LogP contribution in [0.2, 0.25) is 5.02 Å². The van der Waals surface area contributed by atoms with Gasteiger partial charge in [-0.1, -0.05) is 23.7 Å². The van der Waals surface area contributed by atoms with Crippen LogP contribution in [0.15, 0.2) is 30.3 Å². The molecule has 0 spiro atoms. The van der Waals surface area contributed by atoms with Gasteiger partial charge in [0.15, 0.2) is 0 Å². The molecule has 1 aliphatic rings. The van der Waals surface area contributed by atoms with Crippen LogP contribution in [-0.4, -0.2) is 76.2 Å². The summed E-state index contributed by atoms with van der Waals surface area (Å²) in [5.41, 5.74) is 0.0894. The van der Waals surface area contributed by atoms with Crippen molar-refractivity contribution in [2.24, 2.45) is 0 Å². The summed E-state index contributed by atoms with van der Waals surface area (Å²) in [5.74, 6) is -1.00. The number of benzene rings is 1. The van der Waals surface area contributed by atoms with Crippen molar-refractivity contribution in [2.75, 3.05) is 32.8 Å². The standard InChI is InChI=1S/C21H24ClF3N4O4/c1-20(2,32)11-26-18(30)9-28-8-15(10-33-12-21(23,24)25)29-17(19(28)31)7-16(27-29)13-3-5-14(22)6-4-13/h3-7,15,32H,8-12H2,1-2H3,(H,26,30). The maximum Gasteiger partial charge on any atom is 0.411 e. The van der Waals surface area contributed by atoms with Crippen LogP contribution in [0.1, 0.15) is 30.4 Å². The van der Waals surface area contributed by atoms with Gasteiger partial charge in [0.2, 0.25) is 5.91 Å². The number of aromatic nitrogens is 2. The van der Waals surface area contributed by atoms with E-state index in [-0.39, 0.29) is 31.9 Å². The summed E-state index contributed by atoms with van der Waals surface area (Å²) in [6.07, 6.45) is -4.50. The zero-order valence-corrected chi connectivity index (χ0v) is 18.8. The summed E-state index contributed by atoms with van der Waals surface area (Å²) >= 11 is 5.91. The fourth-order valence-corrected chi connectivity index (χ4v) is 3.41. The molecule has 2 aromatic rings. The summed E-state index contributed by atoms with van der Waals surface area (Å²) < 4.78 is 43.9. The monoisotopic (exact) mass is 488 g/mol. The highest BCUT2D eigenvalue weighted by Gasteiger charge is 2.35. The van der Waals surface area contributed by atoms with Gasteiger partial charge in [-0.05, 0) is 32.0 Å². The number of carbonyl (C=O) groups is 2. The third-order valence-electron chi connectivity index (χ3n) is 4.79. The first-order valence-electron chi connectivity index (χ1n) is 10.1. The Morgan fingerprint density at radius 3 is 2.58 bits per heavy atom. The Bertz CT molecular complexity index is 1000. The Morgan fingerprint density at radius 1 is 1.30 bits per heavy atom. The largest absolute Gasteiger partial charge is 0.411 e. The third kappa shape index (κ3) is 6.92. The number of rotatable bonds is 8. The number of amides is 2. The normalized spacial score (nSPS) is 16.6. The molecule has 2 N–H and O–H groups in total. The number of ether oxygens (including phenoxy) is 1. The minimum Gasteiger partial charge on any atom is -0.389 e. The molecule has 0 bridgehead atoms. The maximum atomic E-state index is 13.0. The van der Waals surface area contributed by atoms with E-state index in [9.17, 15) is 27.9 Å². The quantitative estimate of drug-likeness (QED) is 0.595. The molecular formula is C21H24ClF3N4O4. The van der Waals surface area contributed by atoms with E-state index in [0.29, 0.717) is 16.3 Å². The van der Waals surface area contributed by atoms with Gasteiger partial charge in [-0.3, -0.25) is 14.3 Å². The SMILES string of the molecule is CC(C)(O)CNC(=O)CN1CC(COCC(F)(F)F)n2nc(-c3ccc(Cl)cc3)cc2C1=O. The fourth-order valence-electron chi connectivity index (χ4n) is 3.29. The number of carbonyl (C=O) groups excluding carboxylic acids is 2. The summed E-state index contributed by atoms with van der Waals surface area (Å²) in [7, 11) is 0. The topological polar surface area (TPSA) is 96.7 Å². The predicted octanol–water partition coefficient (Wildman–Crippen LogP) is 2.67. The molecule has 3 rings (SSSR count). The van der Waals surface area contributed by atoms with Crippen LogP contribution in [0.5, 0.6) is 0 Å². The van der Waals surface area contributed by atoms with Crippen molar-refractivity contribution >= 4 is 23.4 Å². The summed E-state index contributed by atoms with van der Waals surface area (Å²) in [4.78, 5) is 26.5. The first-order chi connectivity index (χ1) is 15.3. The Labute approximate surface area is 193 Å². The van der Waals surface area contributed by atoms with Gasteiger partial charge in [0.25, 0.3) is 5.91 Å². The smallest absolute Gasteiger partial charge is 0.389 e. The second-order valence-corrected chi connectivity index (χ2v) is 8.86. The van der Waals surface area contributed by atoms with Crippen molar-refractivity contribution < 1.29 is 32.6 Å². The van der Waals surface area contributed by atoms with Crippen LogP contribution in [0, 0.1) is 0 Å².